The van der Waals surface area contributed by atoms with Gasteiger partial charge in [0.2, 0.25) is 11.7 Å². The second-order valence-electron chi connectivity index (χ2n) is 7.13. The number of amides is 1. The van der Waals surface area contributed by atoms with E-state index in [9.17, 15) is 4.79 Å². The van der Waals surface area contributed by atoms with Crippen LogP contribution in [0.4, 0.5) is 0 Å². The third-order valence-corrected chi connectivity index (χ3v) is 5.71. The van der Waals surface area contributed by atoms with Gasteiger partial charge in [-0.1, -0.05) is 23.4 Å². The molecule has 1 aliphatic heterocycles. The molecule has 0 aliphatic carbocycles. The van der Waals surface area contributed by atoms with Crippen LogP contribution < -0.4 is 4.74 Å². The first kappa shape index (κ1) is 18.7. The Kier molecular flexibility index (Phi) is 5.71. The van der Waals surface area contributed by atoms with Gasteiger partial charge < -0.3 is 14.2 Å². The first-order valence-corrected chi connectivity index (χ1v) is 10.4. The molecule has 1 atom stereocenters. The van der Waals surface area contributed by atoms with Crippen LogP contribution in [0.3, 0.4) is 0 Å². The number of nitrogens with zero attached hydrogens (tertiary/aromatic N) is 3. The van der Waals surface area contributed by atoms with Gasteiger partial charge in [0, 0.05) is 30.5 Å². The number of para-hydroxylation sites is 1. The fourth-order valence-electron chi connectivity index (χ4n) is 3.50. The molecule has 4 rings (SSSR count). The summed E-state index contributed by atoms with van der Waals surface area (Å²) in [7, 11) is 0. The van der Waals surface area contributed by atoms with Gasteiger partial charge in [-0.3, -0.25) is 4.79 Å². The van der Waals surface area contributed by atoms with Gasteiger partial charge in [-0.05, 0) is 48.8 Å². The summed E-state index contributed by atoms with van der Waals surface area (Å²) in [4.78, 5) is 19.0. The average Bonchev–Trinajstić information content (AvgIpc) is 3.39. The fraction of sp³-hybridized carbons (Fsp3) is 0.381. The van der Waals surface area contributed by atoms with E-state index in [2.05, 4.69) is 10.1 Å². The SMILES string of the molecule is Cc1ccccc1OCC(=O)N1CCC[C@H](Cc2nc(-c3ccsc3)no2)C1. The molecule has 28 heavy (non-hydrogen) atoms. The van der Waals surface area contributed by atoms with Gasteiger partial charge in [0.1, 0.15) is 5.75 Å². The number of hydrogen-bond acceptors (Lipinski definition) is 6. The Morgan fingerprint density at radius 1 is 1.36 bits per heavy atom. The number of aromatic nitrogens is 2. The van der Waals surface area contributed by atoms with Gasteiger partial charge in [0.15, 0.2) is 6.61 Å². The van der Waals surface area contributed by atoms with E-state index in [4.69, 9.17) is 9.26 Å². The van der Waals surface area contributed by atoms with Crippen molar-refractivity contribution in [3.05, 3.63) is 52.5 Å². The highest BCUT2D eigenvalue weighted by Gasteiger charge is 2.26. The molecule has 2 aromatic heterocycles. The number of likely N-dealkylation sites (tertiary alicyclic amines) is 1. The normalized spacial score (nSPS) is 16.9. The Hall–Kier alpha value is -2.67. The third kappa shape index (κ3) is 4.42. The van der Waals surface area contributed by atoms with E-state index >= 15 is 0 Å². The number of piperidine rings is 1. The molecule has 1 saturated heterocycles. The summed E-state index contributed by atoms with van der Waals surface area (Å²) in [6, 6.07) is 9.72. The zero-order chi connectivity index (χ0) is 19.3. The molecule has 3 heterocycles. The summed E-state index contributed by atoms with van der Waals surface area (Å²) in [5, 5.41) is 8.07. The Balaban J connectivity index is 1.31. The van der Waals surface area contributed by atoms with Crippen molar-refractivity contribution in [1.29, 1.82) is 0 Å². The topological polar surface area (TPSA) is 68.5 Å². The van der Waals surface area contributed by atoms with E-state index in [1.807, 2.05) is 52.9 Å². The van der Waals surface area contributed by atoms with E-state index in [1.54, 1.807) is 11.3 Å². The molecule has 1 aliphatic rings. The van der Waals surface area contributed by atoms with Gasteiger partial charge in [0.25, 0.3) is 5.91 Å². The maximum absolute atomic E-state index is 12.6. The van der Waals surface area contributed by atoms with Crippen molar-refractivity contribution in [3.63, 3.8) is 0 Å². The lowest BCUT2D eigenvalue weighted by molar-refractivity contribution is -0.135. The molecule has 0 bridgehead atoms. The summed E-state index contributed by atoms with van der Waals surface area (Å²) in [6.07, 6.45) is 2.73. The number of thiophene rings is 1. The summed E-state index contributed by atoms with van der Waals surface area (Å²) in [6.45, 7) is 3.52. The van der Waals surface area contributed by atoms with Gasteiger partial charge in [-0.25, -0.2) is 0 Å². The van der Waals surface area contributed by atoms with Gasteiger partial charge in [-0.15, -0.1) is 0 Å². The molecule has 1 fully saturated rings. The zero-order valence-electron chi connectivity index (χ0n) is 15.8. The minimum atomic E-state index is 0.0254. The van der Waals surface area contributed by atoms with E-state index in [0.29, 0.717) is 30.6 Å². The molecule has 0 saturated carbocycles. The van der Waals surface area contributed by atoms with Crippen LogP contribution in [0.2, 0.25) is 0 Å². The number of hydrogen-bond donors (Lipinski definition) is 0. The highest BCUT2D eigenvalue weighted by atomic mass is 32.1. The van der Waals surface area contributed by atoms with Crippen molar-refractivity contribution in [1.82, 2.24) is 15.0 Å². The number of carbonyl (C=O) groups excluding carboxylic acids is 1. The van der Waals surface area contributed by atoms with Crippen molar-refractivity contribution in [2.24, 2.45) is 5.92 Å². The molecule has 0 spiro atoms. The largest absolute Gasteiger partial charge is 0.484 e. The summed E-state index contributed by atoms with van der Waals surface area (Å²) < 4.78 is 11.1. The minimum absolute atomic E-state index is 0.0254. The molecule has 1 aromatic carbocycles. The monoisotopic (exact) mass is 397 g/mol. The Morgan fingerprint density at radius 2 is 2.25 bits per heavy atom. The standard InChI is InChI=1S/C21H23N3O3S/c1-15-5-2-3-7-18(15)26-13-20(25)24-9-4-6-16(12-24)11-19-22-21(23-27-19)17-8-10-28-14-17/h2-3,5,7-8,10,14,16H,4,6,9,11-13H2,1H3/t16-/m1/s1. The van der Waals surface area contributed by atoms with Crippen LogP contribution in [-0.2, 0) is 11.2 Å². The maximum Gasteiger partial charge on any atom is 0.260 e. The van der Waals surface area contributed by atoms with Crippen molar-refractivity contribution >= 4 is 17.2 Å². The second-order valence-corrected chi connectivity index (χ2v) is 7.91. The highest BCUT2D eigenvalue weighted by Crippen LogP contribution is 2.23. The van der Waals surface area contributed by atoms with Crippen LogP contribution in [0.1, 0.15) is 24.3 Å². The predicted molar refractivity (Wildman–Crippen MR) is 107 cm³/mol. The Bertz CT molecular complexity index is 923. The molecule has 6 nitrogen and oxygen atoms in total. The average molecular weight is 398 g/mol. The van der Waals surface area contributed by atoms with Crippen molar-refractivity contribution < 1.29 is 14.1 Å². The molecule has 146 valence electrons. The maximum atomic E-state index is 12.6. The number of rotatable bonds is 6. The smallest absolute Gasteiger partial charge is 0.260 e. The number of carbonyl (C=O) groups is 1. The Morgan fingerprint density at radius 3 is 3.07 bits per heavy atom. The molecule has 7 heteroatoms. The van der Waals surface area contributed by atoms with Crippen LogP contribution in [0, 0.1) is 12.8 Å². The fourth-order valence-corrected chi connectivity index (χ4v) is 4.14. The van der Waals surface area contributed by atoms with Crippen LogP contribution in [0.25, 0.3) is 11.4 Å². The second kappa shape index (κ2) is 8.56. The van der Waals surface area contributed by atoms with Gasteiger partial charge in [-0.2, -0.15) is 16.3 Å². The van der Waals surface area contributed by atoms with Crippen molar-refractivity contribution in [2.75, 3.05) is 19.7 Å². The predicted octanol–water partition coefficient (Wildman–Crippen LogP) is 3.97. The molecule has 1 amide bonds. The highest BCUT2D eigenvalue weighted by molar-refractivity contribution is 7.08. The number of aryl methyl sites for hydroxylation is 1. The molecule has 0 N–H and O–H groups in total. The van der Waals surface area contributed by atoms with Crippen molar-refractivity contribution in [2.45, 2.75) is 26.2 Å². The van der Waals surface area contributed by atoms with Crippen LogP contribution in [-0.4, -0.2) is 40.6 Å². The quantitative estimate of drug-likeness (QED) is 0.630. The molecular formula is C21H23N3O3S. The summed E-state index contributed by atoms with van der Waals surface area (Å²) in [5.74, 6) is 2.38. The number of ether oxygens (including phenoxy) is 1. The lowest BCUT2D eigenvalue weighted by Gasteiger charge is -2.32. The molecule has 0 unspecified atom stereocenters. The van der Waals surface area contributed by atoms with Crippen LogP contribution in [0.15, 0.2) is 45.6 Å². The number of benzene rings is 1. The van der Waals surface area contributed by atoms with E-state index < -0.39 is 0 Å². The van der Waals surface area contributed by atoms with Crippen molar-refractivity contribution in [3.8, 4) is 17.1 Å². The molecule has 0 radical (unpaired) electrons. The van der Waals surface area contributed by atoms with E-state index in [-0.39, 0.29) is 12.5 Å². The molecular weight excluding hydrogens is 374 g/mol. The third-order valence-electron chi connectivity index (χ3n) is 5.03. The van der Waals surface area contributed by atoms with E-state index in [1.165, 1.54) is 0 Å². The lowest BCUT2D eigenvalue weighted by atomic mass is 9.95. The summed E-state index contributed by atoms with van der Waals surface area (Å²) in [5.41, 5.74) is 2.01. The van der Waals surface area contributed by atoms with E-state index in [0.717, 1.165) is 36.3 Å². The zero-order valence-corrected chi connectivity index (χ0v) is 16.7. The molecule has 3 aromatic rings. The van der Waals surface area contributed by atoms with Crippen LogP contribution in [0.5, 0.6) is 5.75 Å². The van der Waals surface area contributed by atoms with Gasteiger partial charge >= 0.3 is 0 Å². The minimum Gasteiger partial charge on any atom is -0.484 e. The van der Waals surface area contributed by atoms with Crippen LogP contribution >= 0.6 is 11.3 Å². The lowest BCUT2D eigenvalue weighted by Crippen LogP contribution is -2.42. The Labute approximate surface area is 168 Å². The van der Waals surface area contributed by atoms with Gasteiger partial charge in [0.05, 0.1) is 0 Å². The summed E-state index contributed by atoms with van der Waals surface area (Å²) >= 11 is 1.61. The first-order valence-electron chi connectivity index (χ1n) is 9.50. The first-order chi connectivity index (χ1) is 13.7.